The monoisotopic (exact) mass is 336 g/mol. The molecule has 0 aliphatic heterocycles. The lowest BCUT2D eigenvalue weighted by atomic mass is 10.1. The Kier molecular flexibility index (Phi) is 16.9. The minimum absolute atomic E-state index is 0.317. The van der Waals surface area contributed by atoms with E-state index in [1.165, 1.54) is 57.8 Å². The molecule has 0 radical (unpaired) electrons. The molecule has 0 aromatic carbocycles. The second-order valence-corrected chi connectivity index (χ2v) is 6.33. The Bertz CT molecular complexity index is 358. The van der Waals surface area contributed by atoms with Crippen molar-refractivity contribution >= 4 is 11.9 Å². The van der Waals surface area contributed by atoms with Gasteiger partial charge in [-0.3, -0.25) is 4.79 Å². The van der Waals surface area contributed by atoms with Crippen molar-refractivity contribution in [3.63, 3.8) is 0 Å². The molecule has 0 bridgehead atoms. The summed E-state index contributed by atoms with van der Waals surface area (Å²) in [6, 6.07) is 0. The summed E-state index contributed by atoms with van der Waals surface area (Å²) in [4.78, 5) is 22.1. The van der Waals surface area contributed by atoms with Gasteiger partial charge in [-0.15, -0.1) is 0 Å². The fourth-order valence-electron chi connectivity index (χ4n) is 2.54. The zero-order chi connectivity index (χ0) is 17.9. The summed E-state index contributed by atoms with van der Waals surface area (Å²) < 4.78 is 4.51. The first-order chi connectivity index (χ1) is 11.7. The topological polar surface area (TPSA) is 43.4 Å². The lowest BCUT2D eigenvalue weighted by molar-refractivity contribution is -0.156. The number of hydrogen-bond donors (Lipinski definition) is 0. The lowest BCUT2D eigenvalue weighted by Crippen LogP contribution is -2.09. The van der Waals surface area contributed by atoms with Crippen LogP contribution in [0.1, 0.15) is 96.8 Å². The first-order valence-corrected chi connectivity index (χ1v) is 9.72. The van der Waals surface area contributed by atoms with Gasteiger partial charge >= 0.3 is 11.9 Å². The molecule has 0 saturated heterocycles. The van der Waals surface area contributed by atoms with Gasteiger partial charge in [0.25, 0.3) is 0 Å². The Balaban J connectivity index is 3.24. The van der Waals surface area contributed by atoms with E-state index in [2.05, 4.69) is 30.4 Å². The zero-order valence-electron chi connectivity index (χ0n) is 15.6. The molecule has 0 aliphatic carbocycles. The molecule has 138 valence electrons. The second kappa shape index (κ2) is 18.0. The fraction of sp³-hybridized carbons (Fsp3) is 0.714. The average Bonchev–Trinajstić information content (AvgIpc) is 2.58. The van der Waals surface area contributed by atoms with E-state index in [4.69, 9.17) is 0 Å². The van der Waals surface area contributed by atoms with Crippen molar-refractivity contribution in [2.75, 3.05) is 0 Å². The van der Waals surface area contributed by atoms with E-state index in [-0.39, 0.29) is 0 Å². The Hall–Kier alpha value is -1.38. The van der Waals surface area contributed by atoms with Gasteiger partial charge in [0.1, 0.15) is 0 Å². The van der Waals surface area contributed by atoms with Crippen LogP contribution in [0.15, 0.2) is 24.8 Å². The molecule has 0 aromatic heterocycles. The van der Waals surface area contributed by atoms with Gasteiger partial charge < -0.3 is 4.74 Å². The van der Waals surface area contributed by atoms with Crippen LogP contribution in [0.25, 0.3) is 0 Å². The maximum atomic E-state index is 11.2. The molecular formula is C21H36O3. The molecule has 0 atom stereocenters. The van der Waals surface area contributed by atoms with Crippen LogP contribution in [0, 0.1) is 0 Å². The summed E-state index contributed by atoms with van der Waals surface area (Å²) >= 11 is 0. The van der Waals surface area contributed by atoms with Crippen LogP contribution < -0.4 is 0 Å². The predicted octanol–water partition coefficient (Wildman–Crippen LogP) is 6.28. The molecule has 0 unspecified atom stereocenters. The number of ether oxygens (including phenoxy) is 1. The minimum atomic E-state index is -0.659. The molecule has 24 heavy (non-hydrogen) atoms. The van der Waals surface area contributed by atoms with Crippen molar-refractivity contribution in [3.05, 3.63) is 24.8 Å². The molecule has 0 fully saturated rings. The molecule has 3 nitrogen and oxygen atoms in total. The van der Waals surface area contributed by atoms with Gasteiger partial charge in [0.2, 0.25) is 0 Å². The van der Waals surface area contributed by atoms with Crippen LogP contribution >= 0.6 is 0 Å². The van der Waals surface area contributed by atoms with Crippen molar-refractivity contribution in [2.45, 2.75) is 96.8 Å². The van der Waals surface area contributed by atoms with E-state index in [1.54, 1.807) is 0 Å². The third-order valence-corrected chi connectivity index (χ3v) is 4.02. The number of hydrogen-bond acceptors (Lipinski definition) is 3. The predicted molar refractivity (Wildman–Crippen MR) is 101 cm³/mol. The zero-order valence-corrected chi connectivity index (χ0v) is 15.6. The molecule has 0 N–H and O–H groups in total. The summed E-state index contributed by atoms with van der Waals surface area (Å²) in [6.45, 7) is 5.51. The van der Waals surface area contributed by atoms with Crippen LogP contribution in [0.2, 0.25) is 0 Å². The summed E-state index contributed by atoms with van der Waals surface area (Å²) in [7, 11) is 0. The highest BCUT2D eigenvalue weighted by molar-refractivity contribution is 5.91. The van der Waals surface area contributed by atoms with Crippen LogP contribution in [-0.4, -0.2) is 11.9 Å². The molecule has 0 saturated carbocycles. The number of rotatable bonds is 16. The van der Waals surface area contributed by atoms with Crippen molar-refractivity contribution in [2.24, 2.45) is 0 Å². The third-order valence-electron chi connectivity index (χ3n) is 4.02. The molecular weight excluding hydrogens is 300 g/mol. The first-order valence-electron chi connectivity index (χ1n) is 9.72. The third kappa shape index (κ3) is 17.0. The molecule has 0 spiro atoms. The van der Waals surface area contributed by atoms with E-state index in [0.29, 0.717) is 6.42 Å². The van der Waals surface area contributed by atoms with Gasteiger partial charge in [-0.05, 0) is 32.1 Å². The Morgan fingerprint density at radius 2 is 1.29 bits per heavy atom. The van der Waals surface area contributed by atoms with Gasteiger partial charge in [0.05, 0.1) is 0 Å². The molecule has 0 amide bonds. The maximum Gasteiger partial charge on any atom is 0.337 e. The van der Waals surface area contributed by atoms with Crippen molar-refractivity contribution in [3.8, 4) is 0 Å². The first kappa shape index (κ1) is 22.6. The van der Waals surface area contributed by atoms with Crippen molar-refractivity contribution < 1.29 is 14.3 Å². The van der Waals surface area contributed by atoms with Crippen molar-refractivity contribution in [1.29, 1.82) is 0 Å². The molecule has 0 aromatic rings. The van der Waals surface area contributed by atoms with Gasteiger partial charge in [0.15, 0.2) is 0 Å². The van der Waals surface area contributed by atoms with E-state index in [9.17, 15) is 9.59 Å². The highest BCUT2D eigenvalue weighted by atomic mass is 16.6. The van der Waals surface area contributed by atoms with Crippen LogP contribution in [0.4, 0.5) is 0 Å². The van der Waals surface area contributed by atoms with E-state index < -0.39 is 11.9 Å². The molecule has 0 aliphatic rings. The Labute approximate surface area is 148 Å². The van der Waals surface area contributed by atoms with Gasteiger partial charge in [-0.2, -0.15) is 0 Å². The van der Waals surface area contributed by atoms with E-state index in [0.717, 1.165) is 31.8 Å². The van der Waals surface area contributed by atoms with Crippen LogP contribution in [0.3, 0.4) is 0 Å². The minimum Gasteiger partial charge on any atom is -0.390 e. The van der Waals surface area contributed by atoms with Gasteiger partial charge in [-0.25, -0.2) is 4.79 Å². The Morgan fingerprint density at radius 3 is 1.83 bits per heavy atom. The quantitative estimate of drug-likeness (QED) is 0.109. The highest BCUT2D eigenvalue weighted by Gasteiger charge is 2.06. The maximum absolute atomic E-state index is 11.2. The fourth-order valence-corrected chi connectivity index (χ4v) is 2.54. The summed E-state index contributed by atoms with van der Waals surface area (Å²) in [5.41, 5.74) is 0. The van der Waals surface area contributed by atoms with Crippen molar-refractivity contribution in [1.82, 2.24) is 0 Å². The largest absolute Gasteiger partial charge is 0.390 e. The lowest BCUT2D eigenvalue weighted by Gasteiger charge is -2.01. The molecule has 0 heterocycles. The number of carbonyl (C=O) groups excluding carboxylic acids is 2. The Morgan fingerprint density at radius 1 is 0.792 bits per heavy atom. The number of unbranched alkanes of at least 4 members (excludes halogenated alkanes) is 11. The molecule has 0 rings (SSSR count). The number of esters is 2. The summed E-state index contributed by atoms with van der Waals surface area (Å²) in [5.74, 6) is -1.11. The number of carbonyl (C=O) groups is 2. The summed E-state index contributed by atoms with van der Waals surface area (Å²) in [5, 5.41) is 0. The van der Waals surface area contributed by atoms with E-state index in [1.807, 2.05) is 0 Å². The number of allylic oxidation sites excluding steroid dienone is 2. The van der Waals surface area contributed by atoms with Gasteiger partial charge in [0, 0.05) is 12.5 Å². The smallest absolute Gasteiger partial charge is 0.337 e. The summed E-state index contributed by atoms with van der Waals surface area (Å²) in [6.07, 6.45) is 21.9. The van der Waals surface area contributed by atoms with Crippen LogP contribution in [0.5, 0.6) is 0 Å². The van der Waals surface area contributed by atoms with E-state index >= 15 is 0 Å². The molecule has 3 heteroatoms. The normalized spacial score (nSPS) is 10.9. The van der Waals surface area contributed by atoms with Gasteiger partial charge in [-0.1, -0.05) is 77.0 Å². The standard InChI is InChI=1S/C21H36O3/c1-3-5-6-7-8-9-10-11-12-13-14-15-16-17-18-19-21(23)24-20(22)4-2/h4,11-12H,2-3,5-10,13-19H2,1H3. The SMILES string of the molecule is C=CC(=O)OC(=O)CCCCCCCC=CCCCCCCCC. The second-order valence-electron chi connectivity index (χ2n) is 6.33. The highest BCUT2D eigenvalue weighted by Crippen LogP contribution is 2.10. The average molecular weight is 337 g/mol. The van der Waals surface area contributed by atoms with Crippen LogP contribution in [-0.2, 0) is 14.3 Å².